The molecule has 3 N–H and O–H groups in total. The molecule has 3 rings (SSSR count). The normalized spacial score (nSPS) is 14.2. The van der Waals surface area contributed by atoms with Crippen LogP contribution in [0.1, 0.15) is 37.7 Å². The zero-order valence-electron chi connectivity index (χ0n) is 16.3. The second-order valence-corrected chi connectivity index (χ2v) is 6.70. The van der Waals surface area contributed by atoms with Crippen LogP contribution in [0.5, 0.6) is 11.5 Å². The van der Waals surface area contributed by atoms with Gasteiger partial charge in [0.25, 0.3) is 0 Å². The Bertz CT molecular complexity index is 847. The van der Waals surface area contributed by atoms with E-state index in [4.69, 9.17) is 15.2 Å². The van der Waals surface area contributed by atoms with Gasteiger partial charge < -0.3 is 20.5 Å². The predicted molar refractivity (Wildman–Crippen MR) is 114 cm³/mol. The van der Waals surface area contributed by atoms with Crippen LogP contribution in [0, 0.1) is 11.8 Å². The summed E-state index contributed by atoms with van der Waals surface area (Å²) in [5.41, 5.74) is 7.83. The van der Waals surface area contributed by atoms with Gasteiger partial charge in [0, 0.05) is 23.7 Å². The van der Waals surface area contributed by atoms with E-state index < -0.39 is 0 Å². The Balaban J connectivity index is 1.54. The van der Waals surface area contributed by atoms with Gasteiger partial charge in [-0.2, -0.15) is 0 Å². The summed E-state index contributed by atoms with van der Waals surface area (Å²) in [5, 5.41) is 3.11. The van der Waals surface area contributed by atoms with Gasteiger partial charge in [0.15, 0.2) is 17.5 Å². The Hall–Kier alpha value is -3.13. The van der Waals surface area contributed by atoms with Crippen LogP contribution < -0.4 is 20.5 Å². The molecule has 0 aliphatic heterocycles. The van der Waals surface area contributed by atoms with Gasteiger partial charge in [0.1, 0.15) is 0 Å². The van der Waals surface area contributed by atoms with Crippen molar-refractivity contribution in [1.82, 2.24) is 0 Å². The van der Waals surface area contributed by atoms with E-state index >= 15 is 0 Å². The van der Waals surface area contributed by atoms with Crippen LogP contribution >= 0.6 is 0 Å². The standard InChI is InChI=1S/C23H27N3O2/c1-27-21-15-14-19(17-22(21)28-20-12-5-6-13-20)26-23(24)25-16-8-7-11-18-9-3-2-4-10-18/h2-4,9-10,14-15,17,20H,5-6,8,12-13,16H2,1H3,(H3,24,25,26). The molecule has 0 bridgehead atoms. The topological polar surface area (TPSA) is 68.9 Å². The van der Waals surface area contributed by atoms with Crippen LogP contribution in [0.4, 0.5) is 5.69 Å². The Morgan fingerprint density at radius 3 is 2.68 bits per heavy atom. The maximum absolute atomic E-state index is 6.11. The first kappa shape index (κ1) is 19.6. The lowest BCUT2D eigenvalue weighted by molar-refractivity contribution is 0.201. The number of benzene rings is 2. The number of nitrogens with zero attached hydrogens (tertiary/aromatic N) is 1. The summed E-state index contributed by atoms with van der Waals surface area (Å²) < 4.78 is 11.5. The average Bonchev–Trinajstić information content (AvgIpc) is 3.22. The van der Waals surface area contributed by atoms with Crippen molar-refractivity contribution in [2.75, 3.05) is 19.0 Å². The van der Waals surface area contributed by atoms with Gasteiger partial charge in [0.2, 0.25) is 0 Å². The molecule has 1 fully saturated rings. The number of rotatable bonds is 6. The summed E-state index contributed by atoms with van der Waals surface area (Å²) >= 11 is 0. The molecule has 0 aromatic heterocycles. The van der Waals surface area contributed by atoms with Gasteiger partial charge in [-0.25, -0.2) is 0 Å². The summed E-state index contributed by atoms with van der Waals surface area (Å²) in [7, 11) is 1.65. The number of ether oxygens (including phenoxy) is 2. The molecule has 5 heteroatoms. The van der Waals surface area contributed by atoms with Gasteiger partial charge in [-0.3, -0.25) is 4.99 Å². The number of anilines is 1. The van der Waals surface area contributed by atoms with E-state index in [0.717, 1.165) is 35.6 Å². The fourth-order valence-corrected chi connectivity index (χ4v) is 3.14. The highest BCUT2D eigenvalue weighted by atomic mass is 16.5. The molecular formula is C23H27N3O2. The Morgan fingerprint density at radius 2 is 1.93 bits per heavy atom. The third kappa shape index (κ3) is 5.95. The summed E-state index contributed by atoms with van der Waals surface area (Å²) in [5.74, 6) is 8.04. The smallest absolute Gasteiger partial charge is 0.193 e. The van der Waals surface area contributed by atoms with Crippen molar-refractivity contribution in [3.8, 4) is 23.3 Å². The Kier molecular flexibility index (Phi) is 7.20. The van der Waals surface area contributed by atoms with Gasteiger partial charge in [-0.1, -0.05) is 30.0 Å². The van der Waals surface area contributed by atoms with Crippen molar-refractivity contribution in [1.29, 1.82) is 0 Å². The number of guanidine groups is 1. The number of nitrogens with two attached hydrogens (primary N) is 1. The summed E-state index contributed by atoms with van der Waals surface area (Å²) in [4.78, 5) is 4.33. The number of methoxy groups -OCH3 is 1. The maximum atomic E-state index is 6.11. The zero-order valence-corrected chi connectivity index (χ0v) is 16.3. The summed E-state index contributed by atoms with van der Waals surface area (Å²) in [6.07, 6.45) is 5.53. The molecule has 1 aliphatic rings. The van der Waals surface area contributed by atoms with E-state index in [0.29, 0.717) is 18.9 Å². The molecule has 0 atom stereocenters. The van der Waals surface area contributed by atoms with E-state index in [2.05, 4.69) is 22.2 Å². The van der Waals surface area contributed by atoms with Gasteiger partial charge in [-0.05, 0) is 49.9 Å². The molecule has 1 saturated carbocycles. The molecule has 5 nitrogen and oxygen atoms in total. The molecule has 0 saturated heterocycles. The van der Waals surface area contributed by atoms with Crippen molar-refractivity contribution < 1.29 is 9.47 Å². The quantitative estimate of drug-likeness (QED) is 0.343. The van der Waals surface area contributed by atoms with E-state index in [1.807, 2.05) is 48.5 Å². The van der Waals surface area contributed by atoms with Gasteiger partial charge >= 0.3 is 0 Å². The van der Waals surface area contributed by atoms with Crippen molar-refractivity contribution in [2.24, 2.45) is 10.7 Å². The van der Waals surface area contributed by atoms with Crippen LogP contribution in [-0.4, -0.2) is 25.7 Å². The van der Waals surface area contributed by atoms with E-state index in [1.54, 1.807) is 7.11 Å². The summed E-state index contributed by atoms with van der Waals surface area (Å²) in [6, 6.07) is 15.6. The third-order valence-electron chi connectivity index (χ3n) is 4.56. The summed E-state index contributed by atoms with van der Waals surface area (Å²) in [6.45, 7) is 0.542. The Labute approximate surface area is 167 Å². The van der Waals surface area contributed by atoms with Crippen LogP contribution in [0.3, 0.4) is 0 Å². The second-order valence-electron chi connectivity index (χ2n) is 6.70. The lowest BCUT2D eigenvalue weighted by Crippen LogP contribution is -2.23. The molecule has 146 valence electrons. The monoisotopic (exact) mass is 377 g/mol. The van der Waals surface area contributed by atoms with Crippen LogP contribution in [-0.2, 0) is 0 Å². The predicted octanol–water partition coefficient (Wildman–Crippen LogP) is 4.19. The molecule has 0 heterocycles. The first-order valence-electron chi connectivity index (χ1n) is 9.70. The van der Waals surface area contributed by atoms with Gasteiger partial charge in [0.05, 0.1) is 19.8 Å². The van der Waals surface area contributed by atoms with Crippen LogP contribution in [0.2, 0.25) is 0 Å². The average molecular weight is 377 g/mol. The molecule has 1 aliphatic carbocycles. The fourth-order valence-electron chi connectivity index (χ4n) is 3.14. The SMILES string of the molecule is COc1ccc(NC(N)=NCCC#Cc2ccccc2)cc1OC1CCCC1. The van der Waals surface area contributed by atoms with Crippen molar-refractivity contribution in [3.63, 3.8) is 0 Å². The lowest BCUT2D eigenvalue weighted by atomic mass is 10.2. The number of aliphatic imine (C=N–C) groups is 1. The highest BCUT2D eigenvalue weighted by molar-refractivity contribution is 5.92. The molecule has 0 radical (unpaired) electrons. The van der Waals surface area contributed by atoms with Crippen molar-refractivity contribution >= 4 is 11.6 Å². The van der Waals surface area contributed by atoms with E-state index in [1.165, 1.54) is 12.8 Å². The first-order valence-corrected chi connectivity index (χ1v) is 9.70. The maximum Gasteiger partial charge on any atom is 0.193 e. The van der Waals surface area contributed by atoms with Crippen molar-refractivity contribution in [2.45, 2.75) is 38.2 Å². The largest absolute Gasteiger partial charge is 0.493 e. The number of hydrogen-bond donors (Lipinski definition) is 2. The molecule has 0 amide bonds. The van der Waals surface area contributed by atoms with Crippen LogP contribution in [0.15, 0.2) is 53.5 Å². The minimum absolute atomic E-state index is 0.262. The molecule has 2 aromatic rings. The molecule has 28 heavy (non-hydrogen) atoms. The highest BCUT2D eigenvalue weighted by Gasteiger charge is 2.18. The van der Waals surface area contributed by atoms with E-state index in [9.17, 15) is 0 Å². The lowest BCUT2D eigenvalue weighted by Gasteiger charge is -2.17. The minimum atomic E-state index is 0.262. The van der Waals surface area contributed by atoms with E-state index in [-0.39, 0.29) is 6.10 Å². The molecule has 2 aromatic carbocycles. The molecule has 0 spiro atoms. The van der Waals surface area contributed by atoms with Gasteiger partial charge in [-0.15, -0.1) is 0 Å². The second kappa shape index (κ2) is 10.3. The first-order chi connectivity index (χ1) is 13.7. The zero-order chi connectivity index (χ0) is 19.6. The molecular weight excluding hydrogens is 350 g/mol. The third-order valence-corrected chi connectivity index (χ3v) is 4.56. The van der Waals surface area contributed by atoms with Crippen LogP contribution in [0.25, 0.3) is 0 Å². The number of hydrogen-bond acceptors (Lipinski definition) is 3. The minimum Gasteiger partial charge on any atom is -0.493 e. The molecule has 0 unspecified atom stereocenters. The fraction of sp³-hybridized carbons (Fsp3) is 0.348. The number of nitrogens with one attached hydrogen (secondary N) is 1. The highest BCUT2D eigenvalue weighted by Crippen LogP contribution is 2.33. The Morgan fingerprint density at radius 1 is 1.14 bits per heavy atom. The van der Waals surface area contributed by atoms with Crippen molar-refractivity contribution in [3.05, 3.63) is 54.1 Å².